The van der Waals surface area contributed by atoms with Gasteiger partial charge in [-0.25, -0.2) is 0 Å². The number of alkyl halides is 1. The number of hydrogen-bond donors (Lipinski definition) is 0. The zero-order valence-electron chi connectivity index (χ0n) is 11.6. The Morgan fingerprint density at radius 2 is 2.15 bits per heavy atom. The number of carbonyl (C=O) groups is 1. The summed E-state index contributed by atoms with van der Waals surface area (Å²) in [5, 5.41) is 11.0. The van der Waals surface area contributed by atoms with Gasteiger partial charge in [0.25, 0.3) is 5.91 Å². The Morgan fingerprint density at radius 3 is 2.60 bits per heavy atom. The van der Waals surface area contributed by atoms with Crippen LogP contribution in [0, 0.1) is 10.1 Å². The second-order valence-electron chi connectivity index (χ2n) is 4.43. The fourth-order valence-corrected chi connectivity index (χ4v) is 2.00. The molecule has 20 heavy (non-hydrogen) atoms. The highest BCUT2D eigenvalue weighted by Gasteiger charge is 2.22. The summed E-state index contributed by atoms with van der Waals surface area (Å²) in [6.45, 7) is 4.11. The van der Waals surface area contributed by atoms with E-state index < -0.39 is 4.92 Å². The second-order valence-corrected chi connectivity index (χ2v) is 4.80. The fraction of sp³-hybridized carbons (Fsp3) is 0.462. The number of amides is 1. The molecule has 1 amide bonds. The molecule has 0 radical (unpaired) electrons. The van der Waals surface area contributed by atoms with E-state index in [9.17, 15) is 14.9 Å². The lowest BCUT2D eigenvalue weighted by atomic mass is 10.1. The summed E-state index contributed by atoms with van der Waals surface area (Å²) < 4.78 is 4.91. The minimum atomic E-state index is -0.573. The highest BCUT2D eigenvalue weighted by molar-refractivity contribution is 6.18. The number of nitrogens with zero attached hydrogens (tertiary/aromatic N) is 2. The summed E-state index contributed by atoms with van der Waals surface area (Å²) in [6.07, 6.45) is 0. The van der Waals surface area contributed by atoms with E-state index in [2.05, 4.69) is 0 Å². The van der Waals surface area contributed by atoms with Gasteiger partial charge in [-0.1, -0.05) is 0 Å². The summed E-state index contributed by atoms with van der Waals surface area (Å²) in [7, 11) is 1.34. The van der Waals surface area contributed by atoms with Crippen LogP contribution in [0.3, 0.4) is 0 Å². The lowest BCUT2D eigenvalue weighted by molar-refractivity contribution is -0.385. The van der Waals surface area contributed by atoms with Crippen LogP contribution >= 0.6 is 11.6 Å². The van der Waals surface area contributed by atoms with Gasteiger partial charge in [0, 0.05) is 30.1 Å². The lowest BCUT2D eigenvalue weighted by Gasteiger charge is -2.26. The molecule has 0 aliphatic carbocycles. The molecule has 0 spiro atoms. The smallest absolute Gasteiger partial charge is 0.311 e. The molecule has 1 aromatic carbocycles. The van der Waals surface area contributed by atoms with Gasteiger partial charge in [-0.15, -0.1) is 11.6 Å². The van der Waals surface area contributed by atoms with E-state index in [0.717, 1.165) is 0 Å². The predicted molar refractivity (Wildman–Crippen MR) is 76.5 cm³/mol. The fourth-order valence-electron chi connectivity index (χ4n) is 1.82. The molecule has 0 bridgehead atoms. The van der Waals surface area contributed by atoms with Crippen molar-refractivity contribution in [2.24, 2.45) is 0 Å². The Hall–Kier alpha value is -1.82. The van der Waals surface area contributed by atoms with Crippen molar-refractivity contribution in [2.75, 3.05) is 19.5 Å². The zero-order chi connectivity index (χ0) is 15.3. The van der Waals surface area contributed by atoms with Gasteiger partial charge in [0.15, 0.2) is 5.75 Å². The first kappa shape index (κ1) is 16.2. The van der Waals surface area contributed by atoms with Gasteiger partial charge in [-0.2, -0.15) is 0 Å². The first-order chi connectivity index (χ1) is 9.42. The molecule has 1 rings (SSSR count). The van der Waals surface area contributed by atoms with Crippen LogP contribution in [0.2, 0.25) is 0 Å². The van der Waals surface area contributed by atoms with Gasteiger partial charge in [-0.3, -0.25) is 14.9 Å². The van der Waals surface area contributed by atoms with Crippen molar-refractivity contribution in [2.45, 2.75) is 19.9 Å². The van der Waals surface area contributed by atoms with Crippen molar-refractivity contribution in [3.8, 4) is 5.75 Å². The van der Waals surface area contributed by atoms with E-state index in [1.54, 1.807) is 4.90 Å². The first-order valence-corrected chi connectivity index (χ1v) is 6.65. The maximum atomic E-state index is 12.4. The maximum absolute atomic E-state index is 12.4. The number of nitro benzene ring substituents is 1. The number of carbonyl (C=O) groups excluding carboxylic acids is 1. The SMILES string of the molecule is COc1ccc(C(=O)N(CCCl)C(C)C)cc1[N+](=O)[O-]. The topological polar surface area (TPSA) is 72.7 Å². The molecule has 0 saturated carbocycles. The van der Waals surface area contributed by atoms with E-state index in [1.165, 1.54) is 25.3 Å². The molecule has 0 saturated heterocycles. The van der Waals surface area contributed by atoms with Crippen LogP contribution < -0.4 is 4.74 Å². The Balaban J connectivity index is 3.15. The summed E-state index contributed by atoms with van der Waals surface area (Å²) >= 11 is 5.68. The first-order valence-electron chi connectivity index (χ1n) is 6.11. The Labute approximate surface area is 122 Å². The largest absolute Gasteiger partial charge is 0.490 e. The summed E-state index contributed by atoms with van der Waals surface area (Å²) in [5.74, 6) is 0.147. The van der Waals surface area contributed by atoms with E-state index in [1.807, 2.05) is 13.8 Å². The molecule has 1 aromatic rings. The molecule has 0 fully saturated rings. The van der Waals surface area contributed by atoms with Crippen molar-refractivity contribution in [3.05, 3.63) is 33.9 Å². The molecule has 6 nitrogen and oxygen atoms in total. The number of rotatable bonds is 6. The van der Waals surface area contributed by atoms with E-state index in [0.29, 0.717) is 12.4 Å². The molecular weight excluding hydrogens is 284 g/mol. The molecule has 0 heterocycles. The number of halogens is 1. The number of ether oxygens (including phenoxy) is 1. The number of hydrogen-bond acceptors (Lipinski definition) is 4. The third-order valence-corrected chi connectivity index (χ3v) is 3.00. The minimum Gasteiger partial charge on any atom is -0.490 e. The summed E-state index contributed by atoms with van der Waals surface area (Å²) in [6, 6.07) is 4.12. The zero-order valence-corrected chi connectivity index (χ0v) is 12.4. The molecule has 0 aliphatic heterocycles. The highest BCUT2D eigenvalue weighted by atomic mass is 35.5. The van der Waals surface area contributed by atoms with Crippen molar-refractivity contribution < 1.29 is 14.5 Å². The monoisotopic (exact) mass is 300 g/mol. The minimum absolute atomic E-state index is 0.0394. The standard InChI is InChI=1S/C13H17ClN2O4/c1-9(2)15(7-6-14)13(17)10-4-5-12(20-3)11(8-10)16(18)19/h4-5,8-9H,6-7H2,1-3H3. The van der Waals surface area contributed by atoms with Crippen molar-refractivity contribution >= 4 is 23.2 Å². The van der Waals surface area contributed by atoms with E-state index >= 15 is 0 Å². The Kier molecular flexibility index (Phi) is 5.76. The van der Waals surface area contributed by atoms with Gasteiger partial charge >= 0.3 is 5.69 Å². The van der Waals surface area contributed by atoms with Gasteiger partial charge < -0.3 is 9.64 Å². The van der Waals surface area contributed by atoms with Crippen molar-refractivity contribution in [3.63, 3.8) is 0 Å². The molecule has 7 heteroatoms. The van der Waals surface area contributed by atoms with Crippen LogP contribution in [0.15, 0.2) is 18.2 Å². The third-order valence-electron chi connectivity index (χ3n) is 2.83. The van der Waals surface area contributed by atoms with Gasteiger partial charge in [-0.05, 0) is 26.0 Å². The molecular formula is C13H17ClN2O4. The van der Waals surface area contributed by atoms with Crippen LogP contribution in [0.1, 0.15) is 24.2 Å². The van der Waals surface area contributed by atoms with Gasteiger partial charge in [0.2, 0.25) is 0 Å². The maximum Gasteiger partial charge on any atom is 0.311 e. The second kappa shape index (κ2) is 7.09. The molecule has 0 N–H and O–H groups in total. The predicted octanol–water partition coefficient (Wildman–Crippen LogP) is 2.69. The average Bonchev–Trinajstić information content (AvgIpc) is 2.42. The van der Waals surface area contributed by atoms with Gasteiger partial charge in [0.05, 0.1) is 12.0 Å². The van der Waals surface area contributed by atoms with Crippen LogP contribution in [0.5, 0.6) is 5.75 Å². The van der Waals surface area contributed by atoms with Crippen LogP contribution in [-0.4, -0.2) is 41.3 Å². The van der Waals surface area contributed by atoms with E-state index in [-0.39, 0.29) is 28.9 Å². The Bertz CT molecular complexity index is 505. The third kappa shape index (κ3) is 3.60. The molecule has 0 unspecified atom stereocenters. The molecule has 110 valence electrons. The van der Waals surface area contributed by atoms with Crippen LogP contribution in [-0.2, 0) is 0 Å². The Morgan fingerprint density at radius 1 is 1.50 bits per heavy atom. The van der Waals surface area contributed by atoms with E-state index in [4.69, 9.17) is 16.3 Å². The lowest BCUT2D eigenvalue weighted by Crippen LogP contribution is -2.38. The molecule has 0 aliphatic rings. The number of benzene rings is 1. The summed E-state index contributed by atoms with van der Waals surface area (Å²) in [4.78, 5) is 24.3. The van der Waals surface area contributed by atoms with Crippen molar-refractivity contribution in [1.82, 2.24) is 4.90 Å². The normalized spacial score (nSPS) is 10.4. The highest BCUT2D eigenvalue weighted by Crippen LogP contribution is 2.28. The number of methoxy groups -OCH3 is 1. The molecule has 0 aromatic heterocycles. The average molecular weight is 301 g/mol. The van der Waals surface area contributed by atoms with Crippen LogP contribution in [0.25, 0.3) is 0 Å². The molecule has 0 atom stereocenters. The van der Waals surface area contributed by atoms with Gasteiger partial charge in [0.1, 0.15) is 0 Å². The quantitative estimate of drug-likeness (QED) is 0.460. The summed E-state index contributed by atoms with van der Waals surface area (Å²) in [5.41, 5.74) is 0.0178. The van der Waals surface area contributed by atoms with Crippen molar-refractivity contribution in [1.29, 1.82) is 0 Å². The van der Waals surface area contributed by atoms with Crippen LogP contribution in [0.4, 0.5) is 5.69 Å². The number of nitro groups is 1.